The molecule has 0 heterocycles. The summed E-state index contributed by atoms with van der Waals surface area (Å²) in [6.07, 6.45) is 13.5. The third kappa shape index (κ3) is 6.78. The molecule has 0 bridgehead atoms. The van der Waals surface area contributed by atoms with Crippen LogP contribution in [0.3, 0.4) is 0 Å². The summed E-state index contributed by atoms with van der Waals surface area (Å²) in [5, 5.41) is 0.162. The van der Waals surface area contributed by atoms with E-state index < -0.39 is 36.7 Å². The molecular weight excluding hydrogens is 436 g/mol. The summed E-state index contributed by atoms with van der Waals surface area (Å²) >= 11 is 0. The molecule has 2 fully saturated rings. The molecule has 2 aliphatic carbocycles. The number of fused-ring (bicyclic) bond motifs is 1. The highest BCUT2D eigenvalue weighted by molar-refractivity contribution is 6.74. The quantitative estimate of drug-likeness (QED) is 0.222. The SMILES string of the molecule is [2H]C([2H])([2H])C(CCC[C@](C)(CC#C)[C@H]1CCC2[C@@H](O[Si](C)(C)C(C)(C)C)CCC[C@@]21C)(O[Si](C)C)C([2H])([2H])[2H]. The zero-order valence-electron chi connectivity index (χ0n) is 29.0. The Morgan fingerprint density at radius 3 is 2.33 bits per heavy atom. The Hall–Kier alpha value is -0.0862. The molecule has 4 heteroatoms. The molecule has 0 N–H and O–H groups in total. The summed E-state index contributed by atoms with van der Waals surface area (Å²) in [4.78, 5) is 0. The molecule has 33 heavy (non-hydrogen) atoms. The smallest absolute Gasteiger partial charge is 0.205 e. The second kappa shape index (κ2) is 10.5. The van der Waals surface area contributed by atoms with Crippen molar-refractivity contribution >= 4 is 17.4 Å². The van der Waals surface area contributed by atoms with Crippen LogP contribution in [0.5, 0.6) is 0 Å². The van der Waals surface area contributed by atoms with Crippen molar-refractivity contribution in [3.63, 3.8) is 0 Å². The highest BCUT2D eigenvalue weighted by Crippen LogP contribution is 2.63. The normalized spacial score (nSPS) is 34.2. The summed E-state index contributed by atoms with van der Waals surface area (Å²) in [5.41, 5.74) is -2.26. The van der Waals surface area contributed by atoms with Crippen LogP contribution in [-0.4, -0.2) is 29.1 Å². The molecule has 0 aliphatic heterocycles. The molecule has 1 unspecified atom stereocenters. The van der Waals surface area contributed by atoms with E-state index in [1.54, 1.807) is 13.1 Å². The first kappa shape index (κ1) is 21.0. The van der Waals surface area contributed by atoms with Crippen LogP contribution in [0, 0.1) is 35.0 Å². The van der Waals surface area contributed by atoms with Gasteiger partial charge in [-0.2, -0.15) is 0 Å². The second-order valence-corrected chi connectivity index (χ2v) is 20.1. The standard InChI is InChI=1S/C29H55O2Si2/c1-13-19-28(7,21-15-20-27(5,6)31-32(9)10)25-18-17-23-24(16-14-22-29(23,25)8)30-33(11,12)26(2,3)4/h1,23-25H,14-22H2,2-12H3/t23?,24-,25+,28-,29-/m0/s1/i5D3,6D3. The minimum absolute atomic E-state index is 0.0278. The van der Waals surface area contributed by atoms with Crippen molar-refractivity contribution in [3.8, 4) is 12.3 Å². The summed E-state index contributed by atoms with van der Waals surface area (Å²) in [5.74, 6) is 3.80. The van der Waals surface area contributed by atoms with Crippen LogP contribution in [-0.2, 0) is 8.85 Å². The zero-order chi connectivity index (χ0) is 30.3. The van der Waals surface area contributed by atoms with E-state index in [4.69, 9.17) is 23.5 Å². The van der Waals surface area contributed by atoms with Gasteiger partial charge in [-0.15, -0.1) is 12.3 Å². The van der Waals surface area contributed by atoms with Crippen molar-refractivity contribution < 1.29 is 17.1 Å². The Labute approximate surface area is 218 Å². The lowest BCUT2D eigenvalue weighted by molar-refractivity contribution is -0.0441. The van der Waals surface area contributed by atoms with Crippen LogP contribution in [0.15, 0.2) is 0 Å². The highest BCUT2D eigenvalue weighted by atomic mass is 28.4. The maximum atomic E-state index is 8.18. The van der Waals surface area contributed by atoms with E-state index in [1.165, 1.54) is 0 Å². The fourth-order valence-corrected chi connectivity index (χ4v) is 8.91. The Balaban J connectivity index is 2.33. The van der Waals surface area contributed by atoms with E-state index in [1.807, 2.05) is 0 Å². The van der Waals surface area contributed by atoms with Gasteiger partial charge in [0.15, 0.2) is 8.32 Å². The molecule has 2 aliphatic rings. The van der Waals surface area contributed by atoms with E-state index in [0.717, 1.165) is 32.1 Å². The van der Waals surface area contributed by atoms with E-state index in [9.17, 15) is 0 Å². The van der Waals surface area contributed by atoms with Gasteiger partial charge in [0.05, 0.1) is 5.60 Å². The van der Waals surface area contributed by atoms with E-state index >= 15 is 0 Å². The van der Waals surface area contributed by atoms with Gasteiger partial charge in [0, 0.05) is 20.7 Å². The summed E-state index contributed by atoms with van der Waals surface area (Å²) in [7, 11) is -3.48. The molecule has 2 nitrogen and oxygen atoms in total. The van der Waals surface area contributed by atoms with Crippen molar-refractivity contribution in [3.05, 3.63) is 0 Å². The third-order valence-electron chi connectivity index (χ3n) is 9.32. The molecule has 0 spiro atoms. The molecule has 1 radical (unpaired) electrons. The lowest BCUT2D eigenvalue weighted by Gasteiger charge is -2.52. The molecule has 0 aromatic rings. The summed E-state index contributed by atoms with van der Waals surface area (Å²) < 4.78 is 62.0. The minimum atomic E-state index is -2.75. The Morgan fingerprint density at radius 1 is 1.12 bits per heavy atom. The number of hydrogen-bond acceptors (Lipinski definition) is 2. The lowest BCUT2D eigenvalue weighted by Crippen LogP contribution is -2.51. The zero-order valence-corrected chi connectivity index (χ0v) is 25.0. The van der Waals surface area contributed by atoms with E-state index in [-0.39, 0.29) is 28.4 Å². The maximum Gasteiger partial charge on any atom is 0.205 e. The van der Waals surface area contributed by atoms with Crippen LogP contribution in [0.4, 0.5) is 0 Å². The topological polar surface area (TPSA) is 18.5 Å². The number of hydrogen-bond donors (Lipinski definition) is 0. The van der Waals surface area contributed by atoms with Gasteiger partial charge in [-0.1, -0.05) is 47.5 Å². The lowest BCUT2D eigenvalue weighted by atomic mass is 9.56. The molecular formula is C29H55O2Si2. The van der Waals surface area contributed by atoms with Gasteiger partial charge >= 0.3 is 0 Å². The molecule has 5 atom stereocenters. The summed E-state index contributed by atoms with van der Waals surface area (Å²) in [6, 6.07) is 0. The number of terminal acetylenes is 1. The Kier molecular flexibility index (Phi) is 6.69. The van der Waals surface area contributed by atoms with Crippen LogP contribution in [0.2, 0.25) is 31.2 Å². The van der Waals surface area contributed by atoms with Crippen molar-refractivity contribution in [1.82, 2.24) is 0 Å². The summed E-state index contributed by atoms with van der Waals surface area (Å²) in [6.45, 7) is 14.4. The minimum Gasteiger partial charge on any atom is -0.414 e. The molecule has 191 valence electrons. The first-order valence-electron chi connectivity index (χ1n) is 16.1. The highest BCUT2D eigenvalue weighted by Gasteiger charge is 2.57. The fraction of sp³-hybridized carbons (Fsp3) is 0.931. The second-order valence-electron chi connectivity index (χ2n) is 13.3. The van der Waals surface area contributed by atoms with Gasteiger partial charge in [0.2, 0.25) is 9.04 Å². The molecule has 0 saturated heterocycles. The predicted molar refractivity (Wildman–Crippen MR) is 148 cm³/mol. The molecule has 0 amide bonds. The molecule has 2 saturated carbocycles. The van der Waals surface area contributed by atoms with Gasteiger partial charge < -0.3 is 8.85 Å². The van der Waals surface area contributed by atoms with Gasteiger partial charge in [0.1, 0.15) is 0 Å². The van der Waals surface area contributed by atoms with Crippen LogP contribution < -0.4 is 0 Å². The first-order valence-corrected chi connectivity index (χ1v) is 18.4. The monoisotopic (exact) mass is 497 g/mol. The average molecular weight is 498 g/mol. The molecule has 0 aromatic carbocycles. The average Bonchev–Trinajstić information content (AvgIpc) is 3.09. The van der Waals surface area contributed by atoms with Crippen LogP contribution >= 0.6 is 0 Å². The van der Waals surface area contributed by atoms with Crippen molar-refractivity contribution in [2.75, 3.05) is 0 Å². The van der Waals surface area contributed by atoms with Gasteiger partial charge in [0.25, 0.3) is 0 Å². The van der Waals surface area contributed by atoms with Gasteiger partial charge in [-0.25, -0.2) is 0 Å². The van der Waals surface area contributed by atoms with Gasteiger partial charge in [-0.05, 0) is 106 Å². The Bertz CT molecular complexity index is 859. The van der Waals surface area contributed by atoms with Crippen molar-refractivity contribution in [2.24, 2.45) is 22.7 Å². The van der Waals surface area contributed by atoms with Gasteiger partial charge in [-0.3, -0.25) is 0 Å². The van der Waals surface area contributed by atoms with E-state index in [2.05, 4.69) is 53.6 Å². The number of rotatable bonds is 10. The predicted octanol–water partition coefficient (Wildman–Crippen LogP) is 8.84. The van der Waals surface area contributed by atoms with Crippen molar-refractivity contribution in [1.29, 1.82) is 0 Å². The third-order valence-corrected chi connectivity index (χ3v) is 14.6. The molecule has 0 aromatic heterocycles. The maximum absolute atomic E-state index is 8.18. The van der Waals surface area contributed by atoms with Crippen LogP contribution in [0.25, 0.3) is 0 Å². The largest absolute Gasteiger partial charge is 0.414 e. The van der Waals surface area contributed by atoms with Crippen molar-refractivity contribution in [2.45, 2.75) is 149 Å². The molecule has 2 rings (SSSR count). The Morgan fingerprint density at radius 2 is 1.79 bits per heavy atom. The van der Waals surface area contributed by atoms with E-state index in [0.29, 0.717) is 31.1 Å². The fourth-order valence-electron chi connectivity index (χ4n) is 6.72. The first-order chi connectivity index (χ1) is 17.5. The van der Waals surface area contributed by atoms with Crippen LogP contribution in [0.1, 0.15) is 114 Å².